The fraction of sp³-hybridized carbons (Fsp3) is 0.125. The minimum absolute atomic E-state index is 0.417. The van der Waals surface area contributed by atoms with Crippen molar-refractivity contribution in [3.63, 3.8) is 0 Å². The first kappa shape index (κ1) is 15.5. The van der Waals surface area contributed by atoms with E-state index in [2.05, 4.69) is 0 Å². The van der Waals surface area contributed by atoms with Crippen molar-refractivity contribution in [1.29, 1.82) is 0 Å². The molecule has 0 saturated carbocycles. The molecule has 0 aliphatic rings. The molecular weight excluding hydrogens is 257 g/mol. The zero-order valence-corrected chi connectivity index (χ0v) is 12.7. The predicted molar refractivity (Wildman–Crippen MR) is 104 cm³/mol. The van der Waals surface area contributed by atoms with Gasteiger partial charge in [0.05, 0.1) is 0 Å². The topological polar surface area (TPSA) is 0 Å². The van der Waals surface area contributed by atoms with Gasteiger partial charge >= 0.3 is 0 Å². The van der Waals surface area contributed by atoms with E-state index in [-0.39, 0.29) is 0 Å². The molecule has 0 aliphatic carbocycles. The van der Waals surface area contributed by atoms with Crippen LogP contribution in [-0.2, 0) is 0 Å². The highest BCUT2D eigenvalue weighted by Gasteiger charge is 2.13. The maximum absolute atomic E-state index is 6.20. The maximum atomic E-state index is 6.20. The van der Waals surface area contributed by atoms with Gasteiger partial charge in [0.2, 0.25) is 0 Å². The van der Waals surface area contributed by atoms with Gasteiger partial charge in [0.25, 0.3) is 0 Å². The fourth-order valence-corrected chi connectivity index (χ4v) is 3.14. The van der Waals surface area contributed by atoms with Crippen LogP contribution in [0.1, 0.15) is 5.56 Å². The number of fused-ring (bicyclic) bond motifs is 2. The molecule has 0 aromatic heterocycles. The standard InChI is InChI=1S/C16H9B6/c1-6-12-7(4-9(17)15(20)16(12)21)3-8-13(6)11(22-2)5-10(18)14(8)19/h3-5H,1-2H3. The molecule has 6 heteroatoms. The Bertz CT molecular complexity index is 930. The summed E-state index contributed by atoms with van der Waals surface area (Å²) in [6.45, 7) is 3.98. The van der Waals surface area contributed by atoms with Crippen LogP contribution in [0.25, 0.3) is 21.5 Å². The molecule has 0 amide bonds. The van der Waals surface area contributed by atoms with Crippen LogP contribution in [0.3, 0.4) is 0 Å². The third-order valence-corrected chi connectivity index (χ3v) is 4.30. The second-order valence-electron chi connectivity index (χ2n) is 5.57. The zero-order valence-electron chi connectivity index (χ0n) is 12.7. The minimum atomic E-state index is 0.417. The van der Waals surface area contributed by atoms with E-state index in [1.807, 2.05) is 39.2 Å². The Balaban J connectivity index is 2.64. The molecule has 0 heterocycles. The molecule has 91 valence electrons. The lowest BCUT2D eigenvalue weighted by Gasteiger charge is -2.20. The van der Waals surface area contributed by atoms with Crippen LogP contribution in [-0.4, -0.2) is 46.5 Å². The second kappa shape index (κ2) is 5.33. The zero-order chi connectivity index (χ0) is 16.2. The van der Waals surface area contributed by atoms with E-state index >= 15 is 0 Å². The van der Waals surface area contributed by atoms with E-state index in [1.165, 1.54) is 0 Å². The van der Waals surface area contributed by atoms with Gasteiger partial charge in [-0.25, -0.2) is 0 Å². The smallest absolute Gasteiger partial charge is 0.110 e. The van der Waals surface area contributed by atoms with Crippen LogP contribution in [0, 0.1) is 6.92 Å². The number of rotatable bonds is 1. The molecule has 3 aromatic carbocycles. The Morgan fingerprint density at radius 2 is 1.41 bits per heavy atom. The molecule has 0 N–H and O–H groups in total. The Morgan fingerprint density at radius 3 is 2.05 bits per heavy atom. The third-order valence-electron chi connectivity index (χ3n) is 4.30. The molecule has 11 radical (unpaired) electrons. The largest absolute Gasteiger partial charge is 0.149 e. The SMILES string of the molecule is [B]c1cc2cc3c([B])c([B])cc([B]C)c3c(C)c2c([B])c1[B]. The van der Waals surface area contributed by atoms with Gasteiger partial charge in [-0.3, -0.25) is 0 Å². The van der Waals surface area contributed by atoms with E-state index < -0.39 is 0 Å². The van der Waals surface area contributed by atoms with E-state index in [9.17, 15) is 0 Å². The normalized spacial score (nSPS) is 11.2. The van der Waals surface area contributed by atoms with Gasteiger partial charge in [-0.15, -0.1) is 16.4 Å². The van der Waals surface area contributed by atoms with Crippen LogP contribution in [0.5, 0.6) is 0 Å². The first-order valence-corrected chi connectivity index (χ1v) is 7.04. The van der Waals surface area contributed by atoms with Crippen molar-refractivity contribution in [2.75, 3.05) is 0 Å². The first-order valence-electron chi connectivity index (χ1n) is 7.04. The highest BCUT2D eigenvalue weighted by molar-refractivity contribution is 6.63. The van der Waals surface area contributed by atoms with Crippen LogP contribution in [0.4, 0.5) is 0 Å². The summed E-state index contributed by atoms with van der Waals surface area (Å²) >= 11 is 0. The summed E-state index contributed by atoms with van der Waals surface area (Å²) in [6.07, 6.45) is 0. The van der Waals surface area contributed by atoms with Crippen molar-refractivity contribution in [1.82, 2.24) is 0 Å². The van der Waals surface area contributed by atoms with Gasteiger partial charge < -0.3 is 0 Å². The highest BCUT2D eigenvalue weighted by atomic mass is 14.1. The highest BCUT2D eigenvalue weighted by Crippen LogP contribution is 2.23. The van der Waals surface area contributed by atoms with Gasteiger partial charge in [-0.2, -0.15) is 0 Å². The number of hydrogen-bond acceptors (Lipinski definition) is 0. The molecule has 22 heavy (non-hydrogen) atoms. The van der Waals surface area contributed by atoms with E-state index in [1.54, 1.807) is 0 Å². The van der Waals surface area contributed by atoms with E-state index in [0.717, 1.165) is 32.6 Å². The van der Waals surface area contributed by atoms with E-state index in [4.69, 9.17) is 39.2 Å². The number of benzene rings is 3. The maximum Gasteiger partial charge on any atom is 0.149 e. The average molecular weight is 266 g/mol. The second-order valence-corrected chi connectivity index (χ2v) is 5.57. The van der Waals surface area contributed by atoms with Gasteiger partial charge in [0.1, 0.15) is 46.5 Å². The Kier molecular flexibility index (Phi) is 3.75. The molecule has 3 rings (SSSR count). The van der Waals surface area contributed by atoms with E-state index in [0.29, 0.717) is 27.3 Å². The summed E-state index contributed by atoms with van der Waals surface area (Å²) in [7, 11) is 32.3. The molecule has 0 saturated heterocycles. The molecule has 0 bridgehead atoms. The molecule has 0 aliphatic heterocycles. The monoisotopic (exact) mass is 267 g/mol. The first-order chi connectivity index (χ1) is 10.4. The fourth-order valence-electron chi connectivity index (χ4n) is 3.14. The molecule has 0 spiro atoms. The van der Waals surface area contributed by atoms with Gasteiger partial charge in [-0.05, 0) is 40.1 Å². The Labute approximate surface area is 138 Å². The molecule has 3 aromatic rings. The summed E-state index contributed by atoms with van der Waals surface area (Å²) < 4.78 is 0. The predicted octanol–water partition coefficient (Wildman–Crippen LogP) is -2.35. The number of aryl methyl sites for hydroxylation is 1. The summed E-state index contributed by atoms with van der Waals surface area (Å²) in [4.78, 5) is 0. The number of hydrogen-bond donors (Lipinski definition) is 0. The quantitative estimate of drug-likeness (QED) is 0.342. The minimum Gasteiger partial charge on any atom is -0.110 e. The van der Waals surface area contributed by atoms with Crippen molar-refractivity contribution in [3.05, 3.63) is 23.8 Å². The van der Waals surface area contributed by atoms with Crippen LogP contribution >= 0.6 is 0 Å². The Hall–Kier alpha value is -1.43. The summed E-state index contributed by atoms with van der Waals surface area (Å²) in [6, 6.07) is 5.68. The molecule has 0 atom stereocenters. The van der Waals surface area contributed by atoms with Crippen molar-refractivity contribution in [2.45, 2.75) is 13.7 Å². The van der Waals surface area contributed by atoms with Crippen LogP contribution < -0.4 is 32.8 Å². The third kappa shape index (κ3) is 2.07. The lowest BCUT2D eigenvalue weighted by molar-refractivity contribution is 1.62. The summed E-state index contributed by atoms with van der Waals surface area (Å²) in [5.41, 5.74) is 4.57. The van der Waals surface area contributed by atoms with Crippen LogP contribution in [0.2, 0.25) is 6.82 Å². The average Bonchev–Trinajstić information content (AvgIpc) is 2.48. The van der Waals surface area contributed by atoms with Crippen LogP contribution in [0.15, 0.2) is 18.2 Å². The summed E-state index contributed by atoms with van der Waals surface area (Å²) in [5, 5.41) is 3.76. The molecule has 0 fully saturated rings. The molecule has 0 nitrogen and oxygen atoms in total. The lowest BCUT2D eigenvalue weighted by atomic mass is 9.64. The summed E-state index contributed by atoms with van der Waals surface area (Å²) in [5.74, 6) is 0. The van der Waals surface area contributed by atoms with Crippen molar-refractivity contribution < 1.29 is 0 Å². The van der Waals surface area contributed by atoms with Crippen molar-refractivity contribution in [2.24, 2.45) is 0 Å². The molecular formula is C16H9B6. The lowest BCUT2D eigenvalue weighted by Crippen LogP contribution is -2.40. The van der Waals surface area contributed by atoms with Crippen molar-refractivity contribution in [3.8, 4) is 0 Å². The van der Waals surface area contributed by atoms with Crippen molar-refractivity contribution >= 4 is 101 Å². The molecule has 0 unspecified atom stereocenters. The van der Waals surface area contributed by atoms with Gasteiger partial charge in [0, 0.05) is 0 Å². The van der Waals surface area contributed by atoms with Gasteiger partial charge in [-0.1, -0.05) is 35.3 Å². The van der Waals surface area contributed by atoms with Gasteiger partial charge in [0.15, 0.2) is 0 Å². The Morgan fingerprint density at radius 1 is 0.773 bits per heavy atom.